The minimum absolute atomic E-state index is 0.175. The standard InChI is InChI=1S/C30H35N7O5/c1-6-7-17-35-24-25(32-27(35)34-16-10-12-21(18-34)31-28(39)42-30(2,3)4)33(5)29(40)36(26(24)38)19-22-15-14-20-11-8-9-13-23(20)37(22)41/h8-9,11,13-15,21H,10,12,16-19H2,1-5H3,(H,31,39)/t21-/m1/s1. The summed E-state index contributed by atoms with van der Waals surface area (Å²) in [7, 11) is 1.56. The fourth-order valence-corrected chi connectivity index (χ4v) is 5.30. The van der Waals surface area contributed by atoms with Crippen LogP contribution in [0.25, 0.3) is 22.1 Å². The number of fused-ring (bicyclic) bond motifs is 2. The van der Waals surface area contributed by atoms with Gasteiger partial charge < -0.3 is 20.2 Å². The molecule has 12 nitrogen and oxygen atoms in total. The summed E-state index contributed by atoms with van der Waals surface area (Å²) >= 11 is 0. The van der Waals surface area contributed by atoms with E-state index in [0.29, 0.717) is 24.6 Å². The van der Waals surface area contributed by atoms with E-state index >= 15 is 0 Å². The van der Waals surface area contributed by atoms with Crippen LogP contribution in [0.4, 0.5) is 10.7 Å². The van der Waals surface area contributed by atoms with Gasteiger partial charge in [-0.3, -0.25) is 13.9 Å². The molecule has 0 bridgehead atoms. The van der Waals surface area contributed by atoms with E-state index in [1.807, 2.05) is 37.8 Å². The summed E-state index contributed by atoms with van der Waals surface area (Å²) in [6.45, 7) is 8.19. The van der Waals surface area contributed by atoms with Gasteiger partial charge in [-0.1, -0.05) is 18.1 Å². The molecule has 0 aliphatic carbocycles. The van der Waals surface area contributed by atoms with Crippen molar-refractivity contribution in [2.45, 2.75) is 65.3 Å². The number of nitrogens with zero attached hydrogens (tertiary/aromatic N) is 6. The van der Waals surface area contributed by atoms with Gasteiger partial charge in [-0.15, -0.1) is 5.92 Å². The van der Waals surface area contributed by atoms with Gasteiger partial charge in [-0.25, -0.2) is 14.2 Å². The first-order valence-corrected chi connectivity index (χ1v) is 13.9. The topological polar surface area (TPSA) is 130 Å². The number of rotatable bonds is 5. The van der Waals surface area contributed by atoms with Gasteiger partial charge >= 0.3 is 11.8 Å². The molecule has 4 aromatic rings. The lowest BCUT2D eigenvalue weighted by Gasteiger charge is -2.34. The molecule has 12 heteroatoms. The predicted molar refractivity (Wildman–Crippen MR) is 159 cm³/mol. The lowest BCUT2D eigenvalue weighted by molar-refractivity contribution is -0.586. The van der Waals surface area contributed by atoms with Crippen molar-refractivity contribution >= 4 is 34.1 Å². The van der Waals surface area contributed by atoms with Crippen LogP contribution in [-0.4, -0.2) is 49.5 Å². The molecule has 0 saturated carbocycles. The van der Waals surface area contributed by atoms with Crippen LogP contribution in [-0.2, 0) is 24.9 Å². The maximum atomic E-state index is 13.9. The molecule has 0 radical (unpaired) electrons. The zero-order valence-electron chi connectivity index (χ0n) is 24.5. The Labute approximate surface area is 242 Å². The number of benzene rings is 1. The SMILES string of the molecule is CC#CCn1c(N2CCC[C@@H](NC(=O)OC(C)(C)C)C2)nc2c1c(=O)n(Cc1ccc3ccccc3[n+]1[O-])c(=O)n2C. The zero-order chi connectivity index (χ0) is 30.2. The van der Waals surface area contributed by atoms with Gasteiger partial charge in [0.15, 0.2) is 11.2 Å². The molecular weight excluding hydrogens is 538 g/mol. The van der Waals surface area contributed by atoms with Crippen molar-refractivity contribution in [2.75, 3.05) is 18.0 Å². The molecule has 1 saturated heterocycles. The molecular formula is C30H35N7O5. The Morgan fingerprint density at radius 1 is 1.19 bits per heavy atom. The van der Waals surface area contributed by atoms with Crippen LogP contribution in [0.2, 0.25) is 0 Å². The van der Waals surface area contributed by atoms with E-state index in [4.69, 9.17) is 9.72 Å². The second-order valence-electron chi connectivity index (χ2n) is 11.4. The van der Waals surface area contributed by atoms with E-state index in [2.05, 4.69) is 17.2 Å². The van der Waals surface area contributed by atoms with Crippen LogP contribution in [0.5, 0.6) is 0 Å². The molecule has 1 N–H and O–H groups in total. The predicted octanol–water partition coefficient (Wildman–Crippen LogP) is 2.25. The number of anilines is 1. The van der Waals surface area contributed by atoms with Crippen LogP contribution < -0.4 is 26.2 Å². The van der Waals surface area contributed by atoms with Gasteiger partial charge in [-0.2, -0.15) is 9.71 Å². The number of amides is 1. The minimum atomic E-state index is -0.617. The summed E-state index contributed by atoms with van der Waals surface area (Å²) in [6, 6.07) is 10.4. The molecule has 42 heavy (non-hydrogen) atoms. The second-order valence-corrected chi connectivity index (χ2v) is 11.4. The van der Waals surface area contributed by atoms with Crippen LogP contribution in [0.3, 0.4) is 0 Å². The van der Waals surface area contributed by atoms with Gasteiger partial charge in [0.1, 0.15) is 12.1 Å². The number of alkyl carbamates (subject to hydrolysis) is 1. The molecule has 1 aromatic carbocycles. The number of piperidine rings is 1. The van der Waals surface area contributed by atoms with Crippen molar-refractivity contribution in [3.8, 4) is 11.8 Å². The lowest BCUT2D eigenvalue weighted by Crippen LogP contribution is -2.49. The molecule has 1 aliphatic rings. The van der Waals surface area contributed by atoms with Crippen LogP contribution in [0, 0.1) is 17.0 Å². The lowest BCUT2D eigenvalue weighted by atomic mass is 10.1. The number of carbonyl (C=O) groups is 1. The number of aromatic nitrogens is 5. The molecule has 1 aliphatic heterocycles. The third-order valence-corrected chi connectivity index (χ3v) is 7.24. The first-order valence-electron chi connectivity index (χ1n) is 13.9. The van der Waals surface area contributed by atoms with Gasteiger partial charge in [0.2, 0.25) is 17.2 Å². The van der Waals surface area contributed by atoms with E-state index in [1.165, 1.54) is 4.57 Å². The van der Waals surface area contributed by atoms with Crippen molar-refractivity contribution in [3.63, 3.8) is 0 Å². The summed E-state index contributed by atoms with van der Waals surface area (Å²) in [5.41, 5.74) is -0.598. The highest BCUT2D eigenvalue weighted by Gasteiger charge is 2.29. The molecule has 1 fully saturated rings. The quantitative estimate of drug-likeness (QED) is 0.220. The molecule has 220 valence electrons. The summed E-state index contributed by atoms with van der Waals surface area (Å²) < 4.78 is 10.3. The normalized spacial score (nSPS) is 15.5. The Bertz CT molecular complexity index is 1850. The smallest absolute Gasteiger partial charge is 0.407 e. The molecule has 3 aromatic heterocycles. The molecule has 5 rings (SSSR count). The van der Waals surface area contributed by atoms with Gasteiger partial charge in [0.25, 0.3) is 5.56 Å². The second kappa shape index (κ2) is 11.2. The number of imidazole rings is 1. The third kappa shape index (κ3) is 5.54. The Kier molecular flexibility index (Phi) is 7.69. The molecule has 4 heterocycles. The van der Waals surface area contributed by atoms with Crippen LogP contribution in [0.1, 0.15) is 46.2 Å². The number of nitrogens with one attached hydrogen (secondary N) is 1. The molecule has 0 spiro atoms. The van der Waals surface area contributed by atoms with Crippen molar-refractivity contribution in [1.82, 2.24) is 24.0 Å². The number of ether oxygens (including phenoxy) is 1. The first kappa shape index (κ1) is 28.7. The van der Waals surface area contributed by atoms with E-state index in [9.17, 15) is 19.6 Å². The molecule has 0 unspecified atom stereocenters. The Balaban J connectivity index is 1.56. The highest BCUT2D eigenvalue weighted by atomic mass is 16.6. The monoisotopic (exact) mass is 573 g/mol. The summed E-state index contributed by atoms with van der Waals surface area (Å²) in [6.07, 6.45) is 1.05. The number of pyridine rings is 1. The number of hydrogen-bond donors (Lipinski definition) is 1. The first-order chi connectivity index (χ1) is 20.0. The maximum absolute atomic E-state index is 13.9. The summed E-state index contributed by atoms with van der Waals surface area (Å²) in [5.74, 6) is 6.37. The minimum Gasteiger partial charge on any atom is -0.618 e. The summed E-state index contributed by atoms with van der Waals surface area (Å²) in [4.78, 5) is 46.6. The number of hydrogen-bond acceptors (Lipinski definition) is 7. The average molecular weight is 574 g/mol. The zero-order valence-corrected chi connectivity index (χ0v) is 24.5. The summed E-state index contributed by atoms with van der Waals surface area (Å²) in [5, 5.41) is 16.8. The Morgan fingerprint density at radius 2 is 1.95 bits per heavy atom. The highest BCUT2D eigenvalue weighted by Crippen LogP contribution is 2.24. The van der Waals surface area contributed by atoms with Gasteiger partial charge in [-0.05, 0) is 52.7 Å². The maximum Gasteiger partial charge on any atom is 0.407 e. The van der Waals surface area contributed by atoms with Crippen LogP contribution >= 0.6 is 0 Å². The Morgan fingerprint density at radius 3 is 2.69 bits per heavy atom. The third-order valence-electron chi connectivity index (χ3n) is 7.24. The molecule has 1 atom stereocenters. The average Bonchev–Trinajstić information content (AvgIpc) is 3.33. The number of aryl methyl sites for hydroxylation is 1. The van der Waals surface area contributed by atoms with Crippen molar-refractivity contribution in [2.24, 2.45) is 7.05 Å². The number of para-hydroxylation sites is 1. The van der Waals surface area contributed by atoms with Gasteiger partial charge in [0, 0.05) is 43.7 Å². The van der Waals surface area contributed by atoms with E-state index in [1.54, 1.807) is 42.8 Å². The Hall–Kier alpha value is -4.79. The largest absolute Gasteiger partial charge is 0.618 e. The van der Waals surface area contributed by atoms with E-state index < -0.39 is 22.9 Å². The van der Waals surface area contributed by atoms with Gasteiger partial charge in [0.05, 0.1) is 6.54 Å². The highest BCUT2D eigenvalue weighted by molar-refractivity contribution is 5.76. The fourth-order valence-electron chi connectivity index (χ4n) is 5.30. The van der Waals surface area contributed by atoms with Crippen LogP contribution in [0.15, 0.2) is 46.0 Å². The van der Waals surface area contributed by atoms with E-state index in [-0.39, 0.29) is 36.0 Å². The fraction of sp³-hybridized carbons (Fsp3) is 0.433. The molecule has 1 amide bonds. The van der Waals surface area contributed by atoms with Crippen molar-refractivity contribution in [1.29, 1.82) is 0 Å². The van der Waals surface area contributed by atoms with Crippen molar-refractivity contribution in [3.05, 3.63) is 68.1 Å². The number of carbonyl (C=O) groups excluding carboxylic acids is 1. The van der Waals surface area contributed by atoms with Crippen molar-refractivity contribution < 1.29 is 14.3 Å². The van der Waals surface area contributed by atoms with E-state index in [0.717, 1.165) is 27.5 Å².